The molecule has 2 aromatic carbocycles. The van der Waals surface area contributed by atoms with Gasteiger partial charge in [0.05, 0.1) is 5.69 Å². The summed E-state index contributed by atoms with van der Waals surface area (Å²) in [6.45, 7) is 0. The maximum absolute atomic E-state index is 5.68. The highest BCUT2D eigenvalue weighted by Gasteiger charge is 2.08. The number of rotatable bonds is 3. The van der Waals surface area contributed by atoms with Crippen LogP contribution in [0.5, 0.6) is 0 Å². The minimum atomic E-state index is 0.669. The van der Waals surface area contributed by atoms with Crippen molar-refractivity contribution in [3.63, 3.8) is 0 Å². The monoisotopic (exact) mass is 251 g/mol. The SMILES string of the molecule is Nc1ccc(Cc2nnnn2-c2ccccc2)cc1. The van der Waals surface area contributed by atoms with Crippen LogP contribution in [0.3, 0.4) is 0 Å². The molecule has 1 heterocycles. The summed E-state index contributed by atoms with van der Waals surface area (Å²) in [7, 11) is 0. The maximum Gasteiger partial charge on any atom is 0.161 e. The quantitative estimate of drug-likeness (QED) is 0.721. The molecule has 0 atom stereocenters. The first kappa shape index (κ1) is 11.4. The molecule has 5 nitrogen and oxygen atoms in total. The summed E-state index contributed by atoms with van der Waals surface area (Å²) in [6, 6.07) is 17.6. The Hall–Kier alpha value is -2.69. The van der Waals surface area contributed by atoms with Gasteiger partial charge in [-0.2, -0.15) is 4.68 Å². The van der Waals surface area contributed by atoms with Crippen molar-refractivity contribution in [2.75, 3.05) is 5.73 Å². The molecule has 2 N–H and O–H groups in total. The van der Waals surface area contributed by atoms with Crippen molar-refractivity contribution >= 4 is 5.69 Å². The highest BCUT2D eigenvalue weighted by atomic mass is 15.5. The molecule has 0 bridgehead atoms. The van der Waals surface area contributed by atoms with Gasteiger partial charge in [-0.3, -0.25) is 0 Å². The van der Waals surface area contributed by atoms with Gasteiger partial charge in [0.2, 0.25) is 0 Å². The Balaban J connectivity index is 1.91. The van der Waals surface area contributed by atoms with E-state index in [1.165, 1.54) is 0 Å². The maximum atomic E-state index is 5.68. The van der Waals surface area contributed by atoms with E-state index in [0.29, 0.717) is 6.42 Å². The lowest BCUT2D eigenvalue weighted by Gasteiger charge is -2.04. The van der Waals surface area contributed by atoms with Crippen molar-refractivity contribution in [3.8, 4) is 5.69 Å². The Labute approximate surface area is 110 Å². The number of hydrogen-bond donors (Lipinski definition) is 1. The Bertz CT molecular complexity index is 658. The van der Waals surface area contributed by atoms with E-state index in [4.69, 9.17) is 5.73 Å². The Morgan fingerprint density at radius 3 is 2.42 bits per heavy atom. The van der Waals surface area contributed by atoms with Crippen LogP contribution in [0.2, 0.25) is 0 Å². The van der Waals surface area contributed by atoms with Crippen molar-refractivity contribution < 1.29 is 0 Å². The molecule has 0 radical (unpaired) electrons. The smallest absolute Gasteiger partial charge is 0.161 e. The molecule has 0 aliphatic heterocycles. The van der Waals surface area contributed by atoms with Gasteiger partial charge in [-0.25, -0.2) is 0 Å². The van der Waals surface area contributed by atoms with Gasteiger partial charge in [-0.05, 0) is 40.3 Å². The van der Waals surface area contributed by atoms with Crippen molar-refractivity contribution in [1.82, 2.24) is 20.2 Å². The number of nitrogens with zero attached hydrogens (tertiary/aromatic N) is 4. The Kier molecular flexibility index (Phi) is 2.94. The molecule has 3 aromatic rings. The molecule has 0 saturated heterocycles. The molecular formula is C14H13N5. The van der Waals surface area contributed by atoms with Gasteiger partial charge in [-0.1, -0.05) is 30.3 Å². The average Bonchev–Trinajstić information content (AvgIpc) is 2.90. The van der Waals surface area contributed by atoms with Gasteiger partial charge in [0.25, 0.3) is 0 Å². The molecule has 5 heteroatoms. The zero-order valence-electron chi connectivity index (χ0n) is 10.3. The van der Waals surface area contributed by atoms with Crippen molar-refractivity contribution in [3.05, 3.63) is 66.0 Å². The second kappa shape index (κ2) is 4.89. The first-order chi connectivity index (χ1) is 9.33. The first-order valence-electron chi connectivity index (χ1n) is 6.00. The van der Waals surface area contributed by atoms with Gasteiger partial charge in [0, 0.05) is 12.1 Å². The van der Waals surface area contributed by atoms with Crippen LogP contribution < -0.4 is 5.73 Å². The van der Waals surface area contributed by atoms with E-state index in [9.17, 15) is 0 Å². The topological polar surface area (TPSA) is 69.6 Å². The van der Waals surface area contributed by atoms with Gasteiger partial charge < -0.3 is 5.73 Å². The molecule has 0 unspecified atom stereocenters. The lowest BCUT2D eigenvalue weighted by Crippen LogP contribution is -2.03. The molecule has 0 amide bonds. The predicted octanol–water partition coefficient (Wildman–Crippen LogP) is 1.84. The van der Waals surface area contributed by atoms with Crippen LogP contribution in [0.25, 0.3) is 5.69 Å². The fourth-order valence-electron chi connectivity index (χ4n) is 1.90. The fourth-order valence-corrected chi connectivity index (χ4v) is 1.90. The summed E-state index contributed by atoms with van der Waals surface area (Å²) in [5.41, 5.74) is 8.51. The van der Waals surface area contributed by atoms with E-state index < -0.39 is 0 Å². The Morgan fingerprint density at radius 1 is 0.947 bits per heavy atom. The molecule has 1 aromatic heterocycles. The first-order valence-corrected chi connectivity index (χ1v) is 6.00. The zero-order valence-corrected chi connectivity index (χ0v) is 10.3. The average molecular weight is 251 g/mol. The van der Waals surface area contributed by atoms with E-state index in [1.54, 1.807) is 4.68 Å². The van der Waals surface area contributed by atoms with Gasteiger partial charge in [0.15, 0.2) is 5.82 Å². The lowest BCUT2D eigenvalue weighted by atomic mass is 10.1. The lowest BCUT2D eigenvalue weighted by molar-refractivity contribution is 0.771. The minimum absolute atomic E-state index is 0.669. The molecule has 0 saturated carbocycles. The predicted molar refractivity (Wildman–Crippen MR) is 72.8 cm³/mol. The molecular weight excluding hydrogens is 238 g/mol. The standard InChI is InChI=1S/C14H13N5/c15-12-8-6-11(7-9-12)10-14-16-17-18-19(14)13-4-2-1-3-5-13/h1-9H,10,15H2. The van der Waals surface area contributed by atoms with Gasteiger partial charge in [0.1, 0.15) is 0 Å². The van der Waals surface area contributed by atoms with E-state index in [-0.39, 0.29) is 0 Å². The largest absolute Gasteiger partial charge is 0.399 e. The molecule has 3 rings (SSSR count). The number of nitrogen functional groups attached to an aromatic ring is 1. The Morgan fingerprint density at radius 2 is 1.68 bits per heavy atom. The zero-order chi connectivity index (χ0) is 13.1. The summed E-state index contributed by atoms with van der Waals surface area (Å²) >= 11 is 0. The number of hydrogen-bond acceptors (Lipinski definition) is 4. The number of para-hydroxylation sites is 1. The fraction of sp³-hybridized carbons (Fsp3) is 0.0714. The van der Waals surface area contributed by atoms with Crippen LogP contribution in [-0.2, 0) is 6.42 Å². The van der Waals surface area contributed by atoms with Crippen LogP contribution in [0, 0.1) is 0 Å². The van der Waals surface area contributed by atoms with E-state index in [2.05, 4.69) is 15.5 Å². The van der Waals surface area contributed by atoms with Crippen molar-refractivity contribution in [1.29, 1.82) is 0 Å². The van der Waals surface area contributed by atoms with E-state index in [0.717, 1.165) is 22.8 Å². The normalized spacial score (nSPS) is 10.5. The second-order valence-electron chi connectivity index (χ2n) is 4.26. The third-order valence-electron chi connectivity index (χ3n) is 2.88. The third-order valence-corrected chi connectivity index (χ3v) is 2.88. The molecule has 19 heavy (non-hydrogen) atoms. The van der Waals surface area contributed by atoms with Crippen molar-refractivity contribution in [2.24, 2.45) is 0 Å². The number of benzene rings is 2. The second-order valence-corrected chi connectivity index (χ2v) is 4.26. The highest BCUT2D eigenvalue weighted by Crippen LogP contribution is 2.12. The summed E-state index contributed by atoms with van der Waals surface area (Å²) in [5.74, 6) is 0.802. The summed E-state index contributed by atoms with van der Waals surface area (Å²) in [5, 5.41) is 11.9. The highest BCUT2D eigenvalue weighted by molar-refractivity contribution is 5.40. The van der Waals surface area contributed by atoms with E-state index >= 15 is 0 Å². The number of aromatic nitrogens is 4. The summed E-state index contributed by atoms with van der Waals surface area (Å²) in [4.78, 5) is 0. The van der Waals surface area contributed by atoms with Crippen LogP contribution in [0.15, 0.2) is 54.6 Å². The van der Waals surface area contributed by atoms with Crippen LogP contribution >= 0.6 is 0 Å². The molecule has 0 spiro atoms. The summed E-state index contributed by atoms with van der Waals surface area (Å²) < 4.78 is 1.75. The van der Waals surface area contributed by atoms with Crippen LogP contribution in [0.1, 0.15) is 11.4 Å². The van der Waals surface area contributed by atoms with E-state index in [1.807, 2.05) is 54.6 Å². The number of tetrazole rings is 1. The molecule has 94 valence electrons. The third kappa shape index (κ3) is 2.44. The number of anilines is 1. The number of nitrogens with two attached hydrogens (primary N) is 1. The molecule has 0 aliphatic carbocycles. The van der Waals surface area contributed by atoms with Crippen LogP contribution in [0.4, 0.5) is 5.69 Å². The van der Waals surface area contributed by atoms with Gasteiger partial charge >= 0.3 is 0 Å². The minimum Gasteiger partial charge on any atom is -0.399 e. The molecule has 0 fully saturated rings. The van der Waals surface area contributed by atoms with Crippen LogP contribution in [-0.4, -0.2) is 20.2 Å². The molecule has 0 aliphatic rings. The summed E-state index contributed by atoms with van der Waals surface area (Å²) in [6.07, 6.45) is 0.669. The van der Waals surface area contributed by atoms with Crippen molar-refractivity contribution in [2.45, 2.75) is 6.42 Å². The van der Waals surface area contributed by atoms with Gasteiger partial charge in [-0.15, -0.1) is 5.10 Å².